The zero-order chi connectivity index (χ0) is 19.3. The molecule has 1 aliphatic heterocycles. The number of nitrogens with one attached hydrogen (secondary N) is 2. The second-order valence-corrected chi connectivity index (χ2v) is 6.94. The Hall–Kier alpha value is -1.51. The van der Waals surface area contributed by atoms with Gasteiger partial charge in [-0.1, -0.05) is 44.4 Å². The van der Waals surface area contributed by atoms with Crippen LogP contribution in [-0.2, 0) is 4.79 Å². The summed E-state index contributed by atoms with van der Waals surface area (Å²) in [6, 6.07) is 10.4. The Kier molecular flexibility index (Phi) is 12.7. The molecule has 0 aliphatic carbocycles. The number of carbonyl (C=O) groups is 1. The van der Waals surface area contributed by atoms with Crippen LogP contribution in [0.3, 0.4) is 0 Å². The van der Waals surface area contributed by atoms with Gasteiger partial charge < -0.3 is 20.4 Å². The molecule has 1 saturated heterocycles. The van der Waals surface area contributed by atoms with E-state index >= 15 is 0 Å². The minimum Gasteiger partial charge on any atom is -0.368 e. The highest BCUT2D eigenvalue weighted by Crippen LogP contribution is 2.15. The predicted octanol–water partition coefficient (Wildman–Crippen LogP) is 3.09. The number of unbranched alkanes of at least 4 members (excludes halogenated alkanes) is 3. The summed E-state index contributed by atoms with van der Waals surface area (Å²) in [4.78, 5) is 21.0. The third-order valence-corrected chi connectivity index (χ3v) is 4.93. The Labute approximate surface area is 187 Å². The maximum atomic E-state index is 12.5. The molecule has 1 aromatic carbocycles. The van der Waals surface area contributed by atoms with Gasteiger partial charge in [0.05, 0.1) is 0 Å². The molecule has 1 fully saturated rings. The number of amides is 1. The summed E-state index contributed by atoms with van der Waals surface area (Å²) in [5.74, 6) is 1.00. The average Bonchev–Trinajstić information content (AvgIpc) is 2.73. The van der Waals surface area contributed by atoms with Crippen LogP contribution < -0.4 is 15.5 Å². The number of rotatable bonds is 9. The molecule has 158 valence electrons. The summed E-state index contributed by atoms with van der Waals surface area (Å²) >= 11 is 0. The van der Waals surface area contributed by atoms with E-state index in [9.17, 15) is 4.79 Å². The average molecular weight is 501 g/mol. The molecule has 1 aliphatic rings. The molecule has 0 aromatic heterocycles. The number of hydrogen-bond acceptors (Lipinski definition) is 3. The minimum atomic E-state index is 0. The molecule has 0 saturated carbocycles. The number of carbonyl (C=O) groups excluding carboxylic acids is 1. The highest BCUT2D eigenvalue weighted by Gasteiger charge is 2.20. The molecule has 0 radical (unpaired) electrons. The molecule has 0 bridgehead atoms. The summed E-state index contributed by atoms with van der Waals surface area (Å²) in [6.45, 7) is 7.12. The molecule has 0 spiro atoms. The van der Waals surface area contributed by atoms with Crippen molar-refractivity contribution in [3.05, 3.63) is 30.3 Å². The number of nitrogens with zero attached hydrogens (tertiary/aromatic N) is 3. The third kappa shape index (κ3) is 8.67. The van der Waals surface area contributed by atoms with Crippen LogP contribution in [-0.4, -0.2) is 63.1 Å². The summed E-state index contributed by atoms with van der Waals surface area (Å²) in [7, 11) is 1.77. The van der Waals surface area contributed by atoms with Gasteiger partial charge in [-0.3, -0.25) is 9.79 Å². The lowest BCUT2D eigenvalue weighted by Gasteiger charge is -2.36. The van der Waals surface area contributed by atoms with E-state index < -0.39 is 0 Å². The van der Waals surface area contributed by atoms with Gasteiger partial charge in [0, 0.05) is 58.4 Å². The summed E-state index contributed by atoms with van der Waals surface area (Å²) < 4.78 is 0. The third-order valence-electron chi connectivity index (χ3n) is 4.93. The van der Waals surface area contributed by atoms with E-state index in [2.05, 4.69) is 51.7 Å². The zero-order valence-electron chi connectivity index (χ0n) is 17.3. The Morgan fingerprint density at radius 3 is 2.32 bits per heavy atom. The van der Waals surface area contributed by atoms with Gasteiger partial charge in [-0.15, -0.1) is 24.0 Å². The van der Waals surface area contributed by atoms with Crippen LogP contribution in [0.15, 0.2) is 35.3 Å². The van der Waals surface area contributed by atoms with E-state index in [0.717, 1.165) is 45.1 Å². The zero-order valence-corrected chi connectivity index (χ0v) is 19.7. The first-order chi connectivity index (χ1) is 13.2. The monoisotopic (exact) mass is 501 g/mol. The van der Waals surface area contributed by atoms with Crippen molar-refractivity contribution in [2.45, 2.75) is 39.0 Å². The number of hydrogen-bond donors (Lipinski definition) is 2. The van der Waals surface area contributed by atoms with Crippen molar-refractivity contribution in [1.82, 2.24) is 15.5 Å². The Bertz CT molecular complexity index is 573. The number of halogens is 1. The van der Waals surface area contributed by atoms with Gasteiger partial charge in [-0.2, -0.15) is 0 Å². The molecule has 7 heteroatoms. The van der Waals surface area contributed by atoms with E-state index in [1.165, 1.54) is 24.9 Å². The lowest BCUT2D eigenvalue weighted by atomic mass is 10.2. The van der Waals surface area contributed by atoms with Crippen LogP contribution in [0.25, 0.3) is 0 Å². The fourth-order valence-electron chi connectivity index (χ4n) is 3.28. The van der Waals surface area contributed by atoms with Crippen molar-refractivity contribution in [1.29, 1.82) is 0 Å². The van der Waals surface area contributed by atoms with E-state index in [4.69, 9.17) is 0 Å². The largest absolute Gasteiger partial charge is 0.368 e. The highest BCUT2D eigenvalue weighted by atomic mass is 127. The van der Waals surface area contributed by atoms with Crippen LogP contribution in [0.4, 0.5) is 5.69 Å². The summed E-state index contributed by atoms with van der Waals surface area (Å²) in [6.07, 6.45) is 5.42. The second-order valence-electron chi connectivity index (χ2n) is 6.94. The first-order valence-electron chi connectivity index (χ1n) is 10.3. The Morgan fingerprint density at radius 2 is 1.68 bits per heavy atom. The van der Waals surface area contributed by atoms with Crippen LogP contribution >= 0.6 is 24.0 Å². The van der Waals surface area contributed by atoms with Gasteiger partial charge in [-0.05, 0) is 18.6 Å². The van der Waals surface area contributed by atoms with Crippen LogP contribution in [0, 0.1) is 0 Å². The predicted molar refractivity (Wildman–Crippen MR) is 129 cm³/mol. The maximum absolute atomic E-state index is 12.5. The topological polar surface area (TPSA) is 60.0 Å². The lowest BCUT2D eigenvalue weighted by molar-refractivity contribution is -0.131. The Balaban J connectivity index is 0.00000392. The fourth-order valence-corrected chi connectivity index (χ4v) is 3.28. The van der Waals surface area contributed by atoms with Crippen molar-refractivity contribution in [2.75, 3.05) is 51.2 Å². The van der Waals surface area contributed by atoms with E-state index in [1.807, 2.05) is 11.0 Å². The van der Waals surface area contributed by atoms with Crippen molar-refractivity contribution in [3.8, 4) is 0 Å². The molecule has 0 unspecified atom stereocenters. The smallest absolute Gasteiger partial charge is 0.224 e. The normalized spacial score (nSPS) is 14.4. The molecule has 0 atom stereocenters. The fraction of sp³-hybridized carbons (Fsp3) is 0.619. The molecule has 1 aromatic rings. The van der Waals surface area contributed by atoms with Gasteiger partial charge in [0.15, 0.2) is 5.96 Å². The molecule has 6 nitrogen and oxygen atoms in total. The van der Waals surface area contributed by atoms with Crippen LogP contribution in [0.1, 0.15) is 39.0 Å². The molecule has 1 heterocycles. The van der Waals surface area contributed by atoms with E-state index in [0.29, 0.717) is 13.0 Å². The number of guanidine groups is 1. The van der Waals surface area contributed by atoms with E-state index in [1.54, 1.807) is 7.05 Å². The van der Waals surface area contributed by atoms with Gasteiger partial charge in [0.25, 0.3) is 0 Å². The minimum absolute atomic E-state index is 0. The van der Waals surface area contributed by atoms with Gasteiger partial charge in [0.2, 0.25) is 5.91 Å². The first kappa shape index (κ1) is 24.5. The van der Waals surface area contributed by atoms with Gasteiger partial charge in [0.1, 0.15) is 0 Å². The highest BCUT2D eigenvalue weighted by molar-refractivity contribution is 14.0. The van der Waals surface area contributed by atoms with Crippen molar-refractivity contribution < 1.29 is 4.79 Å². The van der Waals surface area contributed by atoms with Crippen molar-refractivity contribution >= 4 is 41.5 Å². The van der Waals surface area contributed by atoms with Crippen molar-refractivity contribution in [3.63, 3.8) is 0 Å². The van der Waals surface area contributed by atoms with Gasteiger partial charge in [-0.25, -0.2) is 0 Å². The Morgan fingerprint density at radius 1 is 1.00 bits per heavy atom. The van der Waals surface area contributed by atoms with Crippen LogP contribution in [0.5, 0.6) is 0 Å². The molecule has 28 heavy (non-hydrogen) atoms. The number of para-hydroxylation sites is 1. The summed E-state index contributed by atoms with van der Waals surface area (Å²) in [5, 5.41) is 6.56. The van der Waals surface area contributed by atoms with Crippen molar-refractivity contribution in [2.24, 2.45) is 4.99 Å². The quantitative estimate of drug-likeness (QED) is 0.236. The van der Waals surface area contributed by atoms with Crippen LogP contribution in [0.2, 0.25) is 0 Å². The molecular weight excluding hydrogens is 465 g/mol. The number of aliphatic imine (C=N–C) groups is 1. The lowest BCUT2D eigenvalue weighted by Crippen LogP contribution is -2.49. The number of benzene rings is 1. The molecule has 2 rings (SSSR count). The van der Waals surface area contributed by atoms with E-state index in [-0.39, 0.29) is 29.9 Å². The summed E-state index contributed by atoms with van der Waals surface area (Å²) in [5.41, 5.74) is 1.24. The standard InChI is InChI=1S/C21H35N5O.HI/c1-3-4-5-9-13-23-21(22-2)24-14-12-20(27)26-17-15-25(16-18-26)19-10-7-6-8-11-19;/h6-8,10-11H,3-5,9,12-18H2,1-2H3,(H2,22,23,24);1H. The van der Waals surface area contributed by atoms with Gasteiger partial charge >= 0.3 is 0 Å². The number of piperazine rings is 1. The second kappa shape index (κ2) is 14.5. The number of anilines is 1. The molecular formula is C21H36IN5O. The molecule has 2 N–H and O–H groups in total. The first-order valence-corrected chi connectivity index (χ1v) is 10.3. The maximum Gasteiger partial charge on any atom is 0.224 e. The molecule has 1 amide bonds. The SMILES string of the molecule is CCCCCCNC(=NC)NCCC(=O)N1CCN(c2ccccc2)CC1.I.